The summed E-state index contributed by atoms with van der Waals surface area (Å²) in [5, 5.41) is 15.5. The Morgan fingerprint density at radius 3 is 1.05 bits per heavy atom. The van der Waals surface area contributed by atoms with Crippen LogP contribution < -0.4 is 10.6 Å². The van der Waals surface area contributed by atoms with E-state index in [0.717, 1.165) is 43.8 Å². The Balaban J connectivity index is 0.996. The van der Waals surface area contributed by atoms with Crippen molar-refractivity contribution in [2.24, 2.45) is 0 Å². The normalized spacial score (nSPS) is 11.4. The van der Waals surface area contributed by atoms with Crippen LogP contribution in [0.15, 0.2) is 152 Å². The van der Waals surface area contributed by atoms with Gasteiger partial charge in [-0.05, 0) is 164 Å². The lowest BCUT2D eigenvalue weighted by molar-refractivity contribution is 0.101. The Bertz CT molecular complexity index is 2750. The molecule has 0 spiro atoms. The van der Waals surface area contributed by atoms with E-state index in [1.807, 2.05) is 36.4 Å². The summed E-state index contributed by atoms with van der Waals surface area (Å²) in [4.78, 5) is 31.8. The zero-order valence-electron chi connectivity index (χ0n) is 31.7. The van der Waals surface area contributed by atoms with Gasteiger partial charge in [0.2, 0.25) is 0 Å². The summed E-state index contributed by atoms with van der Waals surface area (Å²) < 4.78 is 0. The second kappa shape index (κ2) is 13.9. The van der Waals surface area contributed by atoms with Crippen LogP contribution in [0.25, 0.3) is 65.3 Å². The third-order valence-electron chi connectivity index (χ3n) is 11.0. The molecule has 0 saturated heterocycles. The first kappa shape index (κ1) is 34.6. The average Bonchev–Trinajstić information content (AvgIpc) is 3.20. The third-order valence-corrected chi connectivity index (χ3v) is 11.0. The lowest BCUT2D eigenvalue weighted by Crippen LogP contribution is -2.18. The van der Waals surface area contributed by atoms with Crippen molar-refractivity contribution >= 4 is 66.3 Å². The highest BCUT2D eigenvalue weighted by atomic mass is 16.2. The van der Waals surface area contributed by atoms with Crippen molar-refractivity contribution in [2.75, 3.05) is 10.6 Å². The van der Waals surface area contributed by atoms with Gasteiger partial charge in [-0.1, -0.05) is 103 Å². The molecule has 0 aliphatic heterocycles. The highest BCUT2D eigenvalue weighted by Gasteiger charge is 2.17. The lowest BCUT2D eigenvalue weighted by Gasteiger charge is -2.16. The number of nitrogens with one attached hydrogen (secondary N) is 2. The van der Waals surface area contributed by atoms with Gasteiger partial charge in [-0.2, -0.15) is 0 Å². The molecule has 9 rings (SSSR count). The molecule has 56 heavy (non-hydrogen) atoms. The van der Waals surface area contributed by atoms with Crippen LogP contribution in [-0.2, 0) is 0 Å². The molecular formula is C51H39N3O2. The number of aryl methyl sites for hydroxylation is 4. The van der Waals surface area contributed by atoms with Gasteiger partial charge >= 0.3 is 0 Å². The predicted molar refractivity (Wildman–Crippen MR) is 233 cm³/mol. The van der Waals surface area contributed by atoms with Gasteiger partial charge in [0.15, 0.2) is 0 Å². The Morgan fingerprint density at radius 1 is 0.375 bits per heavy atom. The monoisotopic (exact) mass is 725 g/mol. The summed E-state index contributed by atoms with van der Waals surface area (Å²) in [5.74, 6) is -0.802. The number of pyridine rings is 1. The highest BCUT2D eigenvalue weighted by molar-refractivity contribution is 6.16. The molecule has 1 heterocycles. The fraction of sp³-hybridized carbons (Fsp3) is 0.0784. The number of benzene rings is 8. The largest absolute Gasteiger partial charge is 0.321 e. The molecule has 270 valence electrons. The van der Waals surface area contributed by atoms with Crippen LogP contribution in [0.1, 0.15) is 43.2 Å². The number of amides is 2. The van der Waals surface area contributed by atoms with Gasteiger partial charge in [0, 0.05) is 11.4 Å². The zero-order chi connectivity index (χ0) is 38.5. The van der Waals surface area contributed by atoms with Crippen LogP contribution in [0.3, 0.4) is 0 Å². The van der Waals surface area contributed by atoms with E-state index in [2.05, 4.69) is 140 Å². The van der Waals surface area contributed by atoms with Crippen LogP contribution in [0.5, 0.6) is 0 Å². The van der Waals surface area contributed by atoms with Crippen molar-refractivity contribution in [1.29, 1.82) is 0 Å². The number of carbonyl (C=O) groups is 2. The summed E-state index contributed by atoms with van der Waals surface area (Å²) >= 11 is 0. The smallest absolute Gasteiger partial charge is 0.274 e. The second-order valence-electron chi connectivity index (χ2n) is 14.7. The van der Waals surface area contributed by atoms with Crippen molar-refractivity contribution in [3.05, 3.63) is 185 Å². The van der Waals surface area contributed by atoms with E-state index in [4.69, 9.17) is 0 Å². The Labute approximate surface area is 325 Å². The van der Waals surface area contributed by atoms with Gasteiger partial charge in [-0.25, -0.2) is 4.98 Å². The minimum Gasteiger partial charge on any atom is -0.321 e. The molecule has 2 N–H and O–H groups in total. The molecule has 0 radical (unpaired) electrons. The van der Waals surface area contributed by atoms with E-state index in [-0.39, 0.29) is 11.4 Å². The minimum absolute atomic E-state index is 0.145. The number of hydrogen-bond acceptors (Lipinski definition) is 3. The van der Waals surface area contributed by atoms with Crippen LogP contribution in [0.2, 0.25) is 0 Å². The van der Waals surface area contributed by atoms with Crippen molar-refractivity contribution in [1.82, 2.24) is 4.98 Å². The molecule has 1 aromatic heterocycles. The van der Waals surface area contributed by atoms with Crippen LogP contribution in [0.4, 0.5) is 11.4 Å². The molecule has 0 saturated carbocycles. The van der Waals surface area contributed by atoms with E-state index < -0.39 is 11.8 Å². The van der Waals surface area contributed by atoms with E-state index in [1.54, 1.807) is 18.2 Å². The summed E-state index contributed by atoms with van der Waals surface area (Å²) in [6.45, 7) is 8.56. The maximum atomic E-state index is 13.7. The van der Waals surface area contributed by atoms with Gasteiger partial charge in [0.25, 0.3) is 11.8 Å². The maximum absolute atomic E-state index is 13.7. The van der Waals surface area contributed by atoms with Crippen molar-refractivity contribution in [2.45, 2.75) is 27.7 Å². The average molecular weight is 726 g/mol. The molecule has 0 unspecified atom stereocenters. The topological polar surface area (TPSA) is 71.1 Å². The molecule has 0 fully saturated rings. The Kier molecular flexibility index (Phi) is 8.63. The van der Waals surface area contributed by atoms with Gasteiger partial charge in [0.1, 0.15) is 11.4 Å². The SMILES string of the molecule is Cc1cccc2c(-c3cccc(NC(=O)c4cccc(C(=O)Nc5cccc(-c6c7cccc(C)c7cc7c(C)cccc67)c5)n4)c3)c3cccc(C)c3cc12. The number of anilines is 2. The molecular weight excluding hydrogens is 687 g/mol. The van der Waals surface area contributed by atoms with E-state index in [0.29, 0.717) is 11.4 Å². The van der Waals surface area contributed by atoms with Crippen LogP contribution >= 0.6 is 0 Å². The number of carbonyl (C=O) groups excluding carboxylic acids is 2. The first-order valence-electron chi connectivity index (χ1n) is 18.9. The van der Waals surface area contributed by atoms with Gasteiger partial charge in [0.05, 0.1) is 0 Å². The van der Waals surface area contributed by atoms with Gasteiger partial charge in [-0.3, -0.25) is 9.59 Å². The van der Waals surface area contributed by atoms with Crippen LogP contribution in [0, 0.1) is 27.7 Å². The molecule has 0 aliphatic carbocycles. The lowest BCUT2D eigenvalue weighted by atomic mass is 9.89. The number of aromatic nitrogens is 1. The Morgan fingerprint density at radius 2 is 0.696 bits per heavy atom. The summed E-state index contributed by atoms with van der Waals surface area (Å²) in [7, 11) is 0. The zero-order valence-corrected chi connectivity index (χ0v) is 31.7. The highest BCUT2D eigenvalue weighted by Crippen LogP contribution is 2.41. The van der Waals surface area contributed by atoms with Gasteiger partial charge in [-0.15, -0.1) is 0 Å². The quantitative estimate of drug-likeness (QED) is 0.168. The third kappa shape index (κ3) is 6.13. The molecule has 2 amide bonds. The first-order valence-corrected chi connectivity index (χ1v) is 18.9. The molecule has 0 atom stereocenters. The standard InChI is InChI=1S/C51H39N3O2/c1-30-12-5-20-38-42(30)28-43-31(2)13-6-21-39(43)48(38)34-16-9-18-36(26-34)52-50(55)46-24-11-25-47(54-46)51(56)53-37-19-10-17-35(27-37)49-40-22-7-14-32(3)44(40)29-45-33(4)15-8-23-41(45)49/h5-29H,1-4H3,(H,52,55)(H,53,56). The fourth-order valence-corrected chi connectivity index (χ4v) is 8.14. The van der Waals surface area contributed by atoms with E-state index in [1.165, 1.54) is 43.8 Å². The molecule has 0 aliphatic rings. The summed E-state index contributed by atoms with van der Waals surface area (Å²) in [5.41, 5.74) is 10.7. The first-order chi connectivity index (χ1) is 27.2. The molecule has 5 nitrogen and oxygen atoms in total. The number of fused-ring (bicyclic) bond motifs is 4. The second-order valence-corrected chi connectivity index (χ2v) is 14.7. The number of nitrogens with zero attached hydrogens (tertiary/aromatic N) is 1. The maximum Gasteiger partial charge on any atom is 0.274 e. The van der Waals surface area contributed by atoms with E-state index in [9.17, 15) is 9.59 Å². The van der Waals surface area contributed by atoms with Crippen molar-refractivity contribution in [3.63, 3.8) is 0 Å². The molecule has 9 aromatic rings. The predicted octanol–water partition coefficient (Wildman–Crippen LogP) is 12.8. The summed E-state index contributed by atoms with van der Waals surface area (Å²) in [6, 6.07) is 50.9. The fourth-order valence-electron chi connectivity index (χ4n) is 8.14. The van der Waals surface area contributed by atoms with Crippen molar-refractivity contribution in [3.8, 4) is 22.3 Å². The molecule has 8 aromatic carbocycles. The van der Waals surface area contributed by atoms with E-state index >= 15 is 0 Å². The molecule has 5 heteroatoms. The number of rotatable bonds is 6. The Hall–Kier alpha value is -7.11. The van der Waals surface area contributed by atoms with Crippen LogP contribution in [-0.4, -0.2) is 16.8 Å². The van der Waals surface area contributed by atoms with Gasteiger partial charge < -0.3 is 10.6 Å². The number of hydrogen-bond donors (Lipinski definition) is 2. The summed E-state index contributed by atoms with van der Waals surface area (Å²) in [6.07, 6.45) is 0. The minimum atomic E-state index is -0.401. The molecule has 0 bridgehead atoms. The van der Waals surface area contributed by atoms with Crippen molar-refractivity contribution < 1.29 is 9.59 Å².